The van der Waals surface area contributed by atoms with Crippen LogP contribution in [0.25, 0.3) is 4.96 Å². The van der Waals surface area contributed by atoms with Gasteiger partial charge in [0.2, 0.25) is 0 Å². The standard InChI is InChI=1S/C13H10FN3OS2/c14-10-6-9(1-2-11(10)15)20-7-8-5-12(18)17-3-4-19-13(17)16-8/h1-6H,7,15H2. The number of thiazole rings is 1. The molecule has 0 saturated carbocycles. The molecular weight excluding hydrogens is 297 g/mol. The van der Waals surface area contributed by atoms with Crippen molar-refractivity contribution in [2.45, 2.75) is 10.6 Å². The van der Waals surface area contributed by atoms with Crippen LogP contribution < -0.4 is 11.3 Å². The number of halogens is 1. The van der Waals surface area contributed by atoms with E-state index in [0.717, 1.165) is 4.90 Å². The van der Waals surface area contributed by atoms with Crippen molar-refractivity contribution in [2.24, 2.45) is 0 Å². The predicted octanol–water partition coefficient (Wildman–Crippen LogP) is 2.77. The molecule has 0 spiro atoms. The smallest absolute Gasteiger partial charge is 0.258 e. The normalized spacial score (nSPS) is 11.1. The Kier molecular flexibility index (Phi) is 3.45. The molecule has 2 N–H and O–H groups in total. The van der Waals surface area contributed by atoms with Crippen LogP contribution in [-0.4, -0.2) is 9.38 Å². The minimum atomic E-state index is -0.434. The lowest BCUT2D eigenvalue weighted by Gasteiger charge is -2.03. The van der Waals surface area contributed by atoms with Gasteiger partial charge in [0, 0.05) is 28.3 Å². The number of nitrogen functional groups attached to an aromatic ring is 1. The molecule has 0 radical (unpaired) electrons. The molecule has 0 saturated heterocycles. The van der Waals surface area contributed by atoms with Crippen LogP contribution in [0.2, 0.25) is 0 Å². The number of rotatable bonds is 3. The number of aromatic nitrogens is 2. The Bertz CT molecular complexity index is 828. The average Bonchev–Trinajstić information content (AvgIpc) is 2.89. The Hall–Kier alpha value is -1.86. The van der Waals surface area contributed by atoms with Gasteiger partial charge in [0.15, 0.2) is 4.96 Å². The van der Waals surface area contributed by atoms with Crippen molar-refractivity contribution in [3.63, 3.8) is 0 Å². The summed E-state index contributed by atoms with van der Waals surface area (Å²) in [4.78, 5) is 17.6. The fourth-order valence-corrected chi connectivity index (χ4v) is 3.27. The topological polar surface area (TPSA) is 60.4 Å². The molecule has 0 atom stereocenters. The van der Waals surface area contributed by atoms with Gasteiger partial charge in [-0.25, -0.2) is 9.37 Å². The predicted molar refractivity (Wildman–Crippen MR) is 79.7 cm³/mol. The number of nitrogens with two attached hydrogens (primary N) is 1. The molecule has 2 aromatic heterocycles. The maximum absolute atomic E-state index is 13.3. The number of thioether (sulfide) groups is 1. The van der Waals surface area contributed by atoms with Gasteiger partial charge in [0.1, 0.15) is 5.82 Å². The number of anilines is 1. The number of nitrogens with zero attached hydrogens (tertiary/aromatic N) is 2. The van der Waals surface area contributed by atoms with E-state index in [2.05, 4.69) is 4.98 Å². The molecule has 0 aliphatic heterocycles. The summed E-state index contributed by atoms with van der Waals surface area (Å²) in [5.41, 5.74) is 6.14. The summed E-state index contributed by atoms with van der Waals surface area (Å²) in [6, 6.07) is 6.17. The van der Waals surface area contributed by atoms with E-state index < -0.39 is 5.82 Å². The van der Waals surface area contributed by atoms with Gasteiger partial charge in [0.05, 0.1) is 11.4 Å². The van der Waals surface area contributed by atoms with Crippen molar-refractivity contribution < 1.29 is 4.39 Å². The van der Waals surface area contributed by atoms with Crippen molar-refractivity contribution in [3.8, 4) is 0 Å². The zero-order chi connectivity index (χ0) is 14.1. The number of hydrogen-bond donors (Lipinski definition) is 1. The monoisotopic (exact) mass is 307 g/mol. The van der Waals surface area contributed by atoms with E-state index in [1.165, 1.54) is 45.7 Å². The molecule has 7 heteroatoms. The van der Waals surface area contributed by atoms with Crippen molar-refractivity contribution in [1.82, 2.24) is 9.38 Å². The summed E-state index contributed by atoms with van der Waals surface area (Å²) in [7, 11) is 0. The molecule has 0 bridgehead atoms. The number of hydrogen-bond acceptors (Lipinski definition) is 5. The fraction of sp³-hybridized carbons (Fsp3) is 0.0769. The third-order valence-electron chi connectivity index (χ3n) is 2.71. The molecular formula is C13H10FN3OS2. The summed E-state index contributed by atoms with van der Waals surface area (Å²) in [5.74, 6) is 0.0734. The molecule has 1 aromatic carbocycles. The van der Waals surface area contributed by atoms with E-state index >= 15 is 0 Å². The molecule has 20 heavy (non-hydrogen) atoms. The Morgan fingerprint density at radius 2 is 2.25 bits per heavy atom. The summed E-state index contributed by atoms with van der Waals surface area (Å²) < 4.78 is 14.8. The molecule has 3 aromatic rings. The average molecular weight is 307 g/mol. The van der Waals surface area contributed by atoms with Crippen LogP contribution in [0.4, 0.5) is 10.1 Å². The lowest BCUT2D eigenvalue weighted by molar-refractivity contribution is 0.629. The second-order valence-electron chi connectivity index (χ2n) is 4.11. The van der Waals surface area contributed by atoms with Crippen LogP contribution in [0.1, 0.15) is 5.69 Å². The van der Waals surface area contributed by atoms with Crippen molar-refractivity contribution in [1.29, 1.82) is 0 Å². The fourth-order valence-electron chi connectivity index (χ4n) is 1.72. The highest BCUT2D eigenvalue weighted by atomic mass is 32.2. The van der Waals surface area contributed by atoms with Gasteiger partial charge in [-0.3, -0.25) is 9.20 Å². The van der Waals surface area contributed by atoms with Gasteiger partial charge in [-0.2, -0.15) is 0 Å². The second-order valence-corrected chi connectivity index (χ2v) is 6.04. The van der Waals surface area contributed by atoms with E-state index in [-0.39, 0.29) is 11.2 Å². The van der Waals surface area contributed by atoms with Gasteiger partial charge in [-0.15, -0.1) is 23.1 Å². The maximum atomic E-state index is 13.3. The zero-order valence-electron chi connectivity index (χ0n) is 10.2. The highest BCUT2D eigenvalue weighted by Gasteiger charge is 2.05. The van der Waals surface area contributed by atoms with Crippen LogP contribution in [-0.2, 0) is 5.75 Å². The van der Waals surface area contributed by atoms with Crippen molar-refractivity contribution >= 4 is 33.7 Å². The van der Waals surface area contributed by atoms with E-state index in [1.54, 1.807) is 12.3 Å². The Morgan fingerprint density at radius 1 is 1.40 bits per heavy atom. The van der Waals surface area contributed by atoms with Gasteiger partial charge in [-0.05, 0) is 18.2 Å². The largest absolute Gasteiger partial charge is 0.396 e. The lowest BCUT2D eigenvalue weighted by atomic mass is 10.3. The van der Waals surface area contributed by atoms with Crippen LogP contribution in [0.15, 0.2) is 45.5 Å². The Morgan fingerprint density at radius 3 is 3.05 bits per heavy atom. The molecule has 3 rings (SSSR count). The summed E-state index contributed by atoms with van der Waals surface area (Å²) in [6.07, 6.45) is 1.70. The molecule has 0 amide bonds. The number of fused-ring (bicyclic) bond motifs is 1. The first-order valence-corrected chi connectivity index (χ1v) is 7.63. The molecule has 0 fully saturated rings. The molecule has 0 unspecified atom stereocenters. The van der Waals surface area contributed by atoms with Crippen LogP contribution in [0, 0.1) is 5.82 Å². The molecule has 0 aliphatic carbocycles. The van der Waals surface area contributed by atoms with Gasteiger partial charge >= 0.3 is 0 Å². The maximum Gasteiger partial charge on any atom is 0.258 e. The summed E-state index contributed by atoms with van der Waals surface area (Å²) >= 11 is 2.82. The lowest BCUT2D eigenvalue weighted by Crippen LogP contribution is -2.12. The summed E-state index contributed by atoms with van der Waals surface area (Å²) in [6.45, 7) is 0. The van der Waals surface area contributed by atoms with Crippen LogP contribution >= 0.6 is 23.1 Å². The van der Waals surface area contributed by atoms with Gasteiger partial charge in [0.25, 0.3) is 5.56 Å². The SMILES string of the molecule is Nc1ccc(SCc2cc(=O)n3ccsc3n2)cc1F. The number of benzene rings is 1. The minimum Gasteiger partial charge on any atom is -0.396 e. The van der Waals surface area contributed by atoms with E-state index in [9.17, 15) is 9.18 Å². The highest BCUT2D eigenvalue weighted by molar-refractivity contribution is 7.98. The molecule has 4 nitrogen and oxygen atoms in total. The third kappa shape index (κ3) is 2.54. The van der Waals surface area contributed by atoms with Crippen LogP contribution in [0.5, 0.6) is 0 Å². The summed E-state index contributed by atoms with van der Waals surface area (Å²) in [5, 5.41) is 1.82. The first kappa shape index (κ1) is 13.1. The molecule has 2 heterocycles. The Labute approximate surface area is 122 Å². The highest BCUT2D eigenvalue weighted by Crippen LogP contribution is 2.24. The quantitative estimate of drug-likeness (QED) is 0.597. The van der Waals surface area contributed by atoms with Gasteiger partial charge < -0.3 is 5.73 Å². The molecule has 102 valence electrons. The molecule has 0 aliphatic rings. The van der Waals surface area contributed by atoms with E-state index in [4.69, 9.17) is 5.73 Å². The van der Waals surface area contributed by atoms with Crippen molar-refractivity contribution in [2.75, 3.05) is 5.73 Å². The Balaban J connectivity index is 1.82. The van der Waals surface area contributed by atoms with E-state index in [1.807, 2.05) is 5.38 Å². The third-order valence-corrected chi connectivity index (χ3v) is 4.50. The van der Waals surface area contributed by atoms with Crippen LogP contribution in [0.3, 0.4) is 0 Å². The first-order valence-electron chi connectivity index (χ1n) is 5.77. The second kappa shape index (κ2) is 5.26. The zero-order valence-corrected chi connectivity index (χ0v) is 11.9. The van der Waals surface area contributed by atoms with E-state index in [0.29, 0.717) is 16.4 Å². The minimum absolute atomic E-state index is 0.102. The first-order chi connectivity index (χ1) is 9.63. The van der Waals surface area contributed by atoms with Crippen molar-refractivity contribution in [3.05, 3.63) is 57.7 Å². The van der Waals surface area contributed by atoms with Gasteiger partial charge in [-0.1, -0.05) is 0 Å².